The molecule has 1 fully saturated rings. The summed E-state index contributed by atoms with van der Waals surface area (Å²) >= 11 is 0. The lowest BCUT2D eigenvalue weighted by atomic mass is 10.2. The number of hydrogen-bond donors (Lipinski definition) is 1. The van der Waals surface area contributed by atoms with Crippen LogP contribution in [0.1, 0.15) is 19.4 Å². The van der Waals surface area contributed by atoms with Gasteiger partial charge < -0.3 is 10.2 Å². The minimum Gasteiger partial charge on any atom is -0.389 e. The molecule has 0 saturated carbocycles. The van der Waals surface area contributed by atoms with Crippen molar-refractivity contribution in [1.82, 2.24) is 15.1 Å². The third kappa shape index (κ3) is 5.39. The Bertz CT molecular complexity index is 596. The van der Waals surface area contributed by atoms with E-state index in [1.54, 1.807) is 11.1 Å². The van der Waals surface area contributed by atoms with Crippen LogP contribution in [0.25, 0.3) is 0 Å². The van der Waals surface area contributed by atoms with Crippen LogP contribution in [-0.4, -0.2) is 48.4 Å². The number of piperazine rings is 1. The van der Waals surface area contributed by atoms with E-state index in [2.05, 4.69) is 36.2 Å². The molecule has 24 heavy (non-hydrogen) atoms. The minimum absolute atomic E-state index is 0.173. The van der Waals surface area contributed by atoms with Crippen LogP contribution in [0.3, 0.4) is 0 Å². The lowest BCUT2D eigenvalue weighted by Gasteiger charge is -2.34. The number of carbonyl (C=O) groups is 1. The number of benzene rings is 1. The third-order valence-corrected chi connectivity index (χ3v) is 4.03. The zero-order valence-corrected chi connectivity index (χ0v) is 14.5. The summed E-state index contributed by atoms with van der Waals surface area (Å²) in [5, 5.41) is 12.3. The standard InChI is InChI=1S/C19H26N4O/c1-16(2)13-21-14-18(12-20)19(24)23-10-8-22(9-11-23)15-17-6-4-3-5-7-17/h3-7,14,16,21H,8-11,13,15H2,1-2H3/b18-14-. The summed E-state index contributed by atoms with van der Waals surface area (Å²) in [5.74, 6) is 0.297. The van der Waals surface area contributed by atoms with E-state index in [0.717, 1.165) is 26.2 Å². The van der Waals surface area contributed by atoms with Gasteiger partial charge in [0.15, 0.2) is 0 Å². The molecule has 0 atom stereocenters. The molecule has 128 valence electrons. The molecule has 1 heterocycles. The molecule has 0 radical (unpaired) electrons. The fourth-order valence-corrected chi connectivity index (χ4v) is 2.66. The van der Waals surface area contributed by atoms with Gasteiger partial charge >= 0.3 is 0 Å². The number of carbonyl (C=O) groups excluding carboxylic acids is 1. The molecule has 0 aromatic heterocycles. The SMILES string of the molecule is CC(C)CN/C=C(/C#N)C(=O)N1CCN(Cc2ccccc2)CC1. The van der Waals surface area contributed by atoms with E-state index < -0.39 is 0 Å². The maximum Gasteiger partial charge on any atom is 0.266 e. The Morgan fingerprint density at radius 1 is 1.25 bits per heavy atom. The summed E-state index contributed by atoms with van der Waals surface area (Å²) in [4.78, 5) is 16.6. The molecule has 5 nitrogen and oxygen atoms in total. The maximum absolute atomic E-state index is 12.4. The van der Waals surface area contributed by atoms with Crippen LogP contribution >= 0.6 is 0 Å². The van der Waals surface area contributed by atoms with Crippen molar-refractivity contribution < 1.29 is 4.79 Å². The number of amides is 1. The lowest BCUT2D eigenvalue weighted by Crippen LogP contribution is -2.48. The van der Waals surface area contributed by atoms with Crippen LogP contribution in [0.2, 0.25) is 0 Å². The van der Waals surface area contributed by atoms with E-state index in [1.165, 1.54) is 5.56 Å². The van der Waals surface area contributed by atoms with E-state index in [0.29, 0.717) is 19.0 Å². The molecule has 1 aliphatic rings. The van der Waals surface area contributed by atoms with Crippen LogP contribution < -0.4 is 5.32 Å². The predicted molar refractivity (Wildman–Crippen MR) is 94.8 cm³/mol. The fourth-order valence-electron chi connectivity index (χ4n) is 2.66. The monoisotopic (exact) mass is 326 g/mol. The van der Waals surface area contributed by atoms with Gasteiger partial charge in [0.2, 0.25) is 0 Å². The molecule has 0 unspecified atom stereocenters. The van der Waals surface area contributed by atoms with Crippen molar-refractivity contribution in [2.75, 3.05) is 32.7 Å². The molecule has 1 N–H and O–H groups in total. The highest BCUT2D eigenvalue weighted by atomic mass is 16.2. The number of rotatable bonds is 6. The number of hydrogen-bond acceptors (Lipinski definition) is 4. The second kappa shape index (κ2) is 9.09. The zero-order chi connectivity index (χ0) is 17.4. The summed E-state index contributed by atoms with van der Waals surface area (Å²) in [7, 11) is 0. The summed E-state index contributed by atoms with van der Waals surface area (Å²) in [6.45, 7) is 8.81. The summed E-state index contributed by atoms with van der Waals surface area (Å²) in [6, 6.07) is 12.4. The molecule has 0 spiro atoms. The highest BCUT2D eigenvalue weighted by Crippen LogP contribution is 2.10. The fraction of sp³-hybridized carbons (Fsp3) is 0.474. The largest absolute Gasteiger partial charge is 0.389 e. The Morgan fingerprint density at radius 2 is 1.92 bits per heavy atom. The Balaban J connectivity index is 1.84. The number of nitriles is 1. The molecule has 5 heteroatoms. The molecule has 0 aliphatic carbocycles. The summed E-state index contributed by atoms with van der Waals surface area (Å²) in [6.07, 6.45) is 1.55. The van der Waals surface area contributed by atoms with Gasteiger partial charge in [-0.2, -0.15) is 5.26 Å². The van der Waals surface area contributed by atoms with Crippen LogP contribution in [0.5, 0.6) is 0 Å². The molecule has 1 saturated heterocycles. The molecule has 1 aromatic carbocycles. The Hall–Kier alpha value is -2.32. The second-order valence-corrected chi connectivity index (χ2v) is 6.53. The Kier molecular flexibility index (Phi) is 6.83. The normalized spacial score (nSPS) is 16.1. The zero-order valence-electron chi connectivity index (χ0n) is 14.5. The highest BCUT2D eigenvalue weighted by molar-refractivity contribution is 5.97. The predicted octanol–water partition coefficient (Wildman–Crippen LogP) is 1.98. The van der Waals surface area contributed by atoms with E-state index in [4.69, 9.17) is 0 Å². The summed E-state index contributed by atoms with van der Waals surface area (Å²) < 4.78 is 0. The molecule has 1 aromatic rings. The first-order chi connectivity index (χ1) is 11.6. The van der Waals surface area contributed by atoms with Crippen molar-refractivity contribution in [3.05, 3.63) is 47.7 Å². The topological polar surface area (TPSA) is 59.4 Å². The van der Waals surface area contributed by atoms with E-state index in [9.17, 15) is 10.1 Å². The van der Waals surface area contributed by atoms with E-state index in [-0.39, 0.29) is 11.5 Å². The quantitative estimate of drug-likeness (QED) is 0.641. The third-order valence-electron chi connectivity index (χ3n) is 4.03. The smallest absolute Gasteiger partial charge is 0.266 e. The number of nitrogens with one attached hydrogen (secondary N) is 1. The summed E-state index contributed by atoms with van der Waals surface area (Å²) in [5.41, 5.74) is 1.47. The second-order valence-electron chi connectivity index (χ2n) is 6.53. The van der Waals surface area contributed by atoms with Crippen LogP contribution in [0, 0.1) is 17.2 Å². The van der Waals surface area contributed by atoms with Crippen molar-refractivity contribution in [2.45, 2.75) is 20.4 Å². The van der Waals surface area contributed by atoms with Crippen LogP contribution in [0.15, 0.2) is 42.1 Å². The average molecular weight is 326 g/mol. The first-order valence-electron chi connectivity index (χ1n) is 8.49. The maximum atomic E-state index is 12.4. The van der Waals surface area contributed by atoms with E-state index in [1.807, 2.05) is 24.3 Å². The van der Waals surface area contributed by atoms with Gasteiger partial charge in [-0.15, -0.1) is 0 Å². The molecule has 0 bridgehead atoms. The van der Waals surface area contributed by atoms with Gasteiger partial charge in [0.25, 0.3) is 5.91 Å². The lowest BCUT2D eigenvalue weighted by molar-refractivity contribution is -0.128. The van der Waals surface area contributed by atoms with E-state index >= 15 is 0 Å². The van der Waals surface area contributed by atoms with Crippen molar-refractivity contribution in [1.29, 1.82) is 5.26 Å². The highest BCUT2D eigenvalue weighted by Gasteiger charge is 2.23. The van der Waals surface area contributed by atoms with Gasteiger partial charge in [0, 0.05) is 45.5 Å². The molecule has 1 aliphatic heterocycles. The van der Waals surface area contributed by atoms with Gasteiger partial charge in [0.05, 0.1) is 0 Å². The molecular formula is C19H26N4O. The minimum atomic E-state index is -0.173. The van der Waals surface area contributed by atoms with Gasteiger partial charge in [-0.05, 0) is 11.5 Å². The van der Waals surface area contributed by atoms with Crippen LogP contribution in [0.4, 0.5) is 0 Å². The van der Waals surface area contributed by atoms with Gasteiger partial charge in [0.1, 0.15) is 11.6 Å². The van der Waals surface area contributed by atoms with Crippen molar-refractivity contribution in [2.24, 2.45) is 5.92 Å². The molecule has 1 amide bonds. The molecular weight excluding hydrogens is 300 g/mol. The van der Waals surface area contributed by atoms with Crippen molar-refractivity contribution in [3.63, 3.8) is 0 Å². The average Bonchev–Trinajstić information content (AvgIpc) is 2.59. The first kappa shape index (κ1) is 18.0. The van der Waals surface area contributed by atoms with Crippen LogP contribution in [-0.2, 0) is 11.3 Å². The number of nitrogens with zero attached hydrogens (tertiary/aromatic N) is 3. The van der Waals surface area contributed by atoms with Crippen molar-refractivity contribution in [3.8, 4) is 6.07 Å². The van der Waals surface area contributed by atoms with Gasteiger partial charge in [-0.1, -0.05) is 44.2 Å². The molecule has 2 rings (SSSR count). The first-order valence-corrected chi connectivity index (χ1v) is 8.49. The van der Waals surface area contributed by atoms with Gasteiger partial charge in [-0.25, -0.2) is 0 Å². The van der Waals surface area contributed by atoms with Gasteiger partial charge in [-0.3, -0.25) is 9.69 Å². The van der Waals surface area contributed by atoms with Crippen molar-refractivity contribution >= 4 is 5.91 Å². The Labute approximate surface area is 144 Å². The Morgan fingerprint density at radius 3 is 2.50 bits per heavy atom.